The minimum Gasteiger partial charge on any atom is -0.300 e. The van der Waals surface area contributed by atoms with Gasteiger partial charge in [0.2, 0.25) is 0 Å². The molecular weight excluding hydrogens is 200 g/mol. The van der Waals surface area contributed by atoms with Gasteiger partial charge < -0.3 is 0 Å². The molecule has 0 radical (unpaired) electrons. The van der Waals surface area contributed by atoms with Crippen molar-refractivity contribution in [1.29, 1.82) is 0 Å². The quantitative estimate of drug-likeness (QED) is 0.597. The summed E-state index contributed by atoms with van der Waals surface area (Å²) in [7, 11) is 0. The summed E-state index contributed by atoms with van der Waals surface area (Å²) < 4.78 is 26.3. The van der Waals surface area contributed by atoms with Crippen LogP contribution in [-0.4, -0.2) is 0 Å². The van der Waals surface area contributed by atoms with E-state index in [1.54, 1.807) is 0 Å². The summed E-state index contributed by atoms with van der Waals surface area (Å²) in [6.07, 6.45) is 0. The van der Waals surface area contributed by atoms with Crippen LogP contribution in [0, 0.1) is 18.6 Å². The molecule has 2 N–H and O–H groups in total. The van der Waals surface area contributed by atoms with Crippen molar-refractivity contribution in [2.45, 2.75) is 13.5 Å². The summed E-state index contributed by atoms with van der Waals surface area (Å²) in [5.41, 5.74) is 0.0194. The molecular formula is C8H8ClF2NO. The van der Waals surface area contributed by atoms with Crippen LogP contribution < -0.4 is 5.90 Å². The minimum absolute atomic E-state index is 0.133. The maximum atomic E-state index is 13.2. The second kappa shape index (κ2) is 4.00. The van der Waals surface area contributed by atoms with E-state index in [1.165, 1.54) is 13.0 Å². The first-order valence-corrected chi connectivity index (χ1v) is 3.90. The first-order chi connectivity index (χ1) is 6.07. The van der Waals surface area contributed by atoms with E-state index in [0.29, 0.717) is 0 Å². The highest BCUT2D eigenvalue weighted by Crippen LogP contribution is 2.24. The minimum atomic E-state index is -0.824. The maximum absolute atomic E-state index is 13.2. The normalized spacial score (nSPS) is 10.5. The molecule has 0 fully saturated rings. The van der Waals surface area contributed by atoms with Gasteiger partial charge in [-0.25, -0.2) is 14.7 Å². The highest BCUT2D eigenvalue weighted by atomic mass is 35.5. The van der Waals surface area contributed by atoms with Crippen molar-refractivity contribution in [3.8, 4) is 0 Å². The Hall–Kier alpha value is -0.710. The van der Waals surface area contributed by atoms with E-state index in [4.69, 9.17) is 17.5 Å². The number of hydrogen-bond donors (Lipinski definition) is 1. The van der Waals surface area contributed by atoms with Crippen LogP contribution in [-0.2, 0) is 11.4 Å². The first-order valence-electron chi connectivity index (χ1n) is 3.52. The molecule has 0 unspecified atom stereocenters. The number of nitrogens with two attached hydrogens (primary N) is 1. The highest BCUT2D eigenvalue weighted by molar-refractivity contribution is 6.30. The summed E-state index contributed by atoms with van der Waals surface area (Å²) in [6, 6.07) is 1.21. The van der Waals surface area contributed by atoms with Crippen LogP contribution in [0.15, 0.2) is 6.07 Å². The van der Waals surface area contributed by atoms with Gasteiger partial charge in [-0.2, -0.15) is 0 Å². The zero-order valence-electron chi connectivity index (χ0n) is 6.90. The summed E-state index contributed by atoms with van der Waals surface area (Å²) in [4.78, 5) is 4.16. The van der Waals surface area contributed by atoms with E-state index in [9.17, 15) is 8.78 Å². The fourth-order valence-corrected chi connectivity index (χ4v) is 1.28. The maximum Gasteiger partial charge on any atom is 0.150 e. The number of halogens is 3. The van der Waals surface area contributed by atoms with Crippen molar-refractivity contribution in [1.82, 2.24) is 0 Å². The van der Waals surface area contributed by atoms with Crippen molar-refractivity contribution < 1.29 is 13.6 Å². The number of hydrogen-bond acceptors (Lipinski definition) is 2. The monoisotopic (exact) mass is 207 g/mol. The van der Waals surface area contributed by atoms with Gasteiger partial charge in [0.25, 0.3) is 0 Å². The largest absolute Gasteiger partial charge is 0.300 e. The smallest absolute Gasteiger partial charge is 0.150 e. The lowest BCUT2D eigenvalue weighted by atomic mass is 10.1. The standard InChI is InChI=1S/C8H8ClF2NO/c1-4-2-6(9)8(11)5(3-13-12)7(4)10/h2H,3,12H2,1H3. The molecule has 0 saturated carbocycles. The molecule has 2 nitrogen and oxygen atoms in total. The Morgan fingerprint density at radius 1 is 1.46 bits per heavy atom. The van der Waals surface area contributed by atoms with Gasteiger partial charge >= 0.3 is 0 Å². The van der Waals surface area contributed by atoms with E-state index in [-0.39, 0.29) is 22.8 Å². The van der Waals surface area contributed by atoms with Crippen molar-refractivity contribution in [3.63, 3.8) is 0 Å². The molecule has 0 aliphatic carbocycles. The average Bonchev–Trinajstić information content (AvgIpc) is 2.09. The molecule has 1 aromatic carbocycles. The summed E-state index contributed by atoms with van der Waals surface area (Å²) >= 11 is 5.49. The molecule has 0 saturated heterocycles. The zero-order chi connectivity index (χ0) is 10.0. The van der Waals surface area contributed by atoms with E-state index in [0.717, 1.165) is 0 Å². The van der Waals surface area contributed by atoms with Gasteiger partial charge in [0.05, 0.1) is 17.2 Å². The molecule has 0 amide bonds. The molecule has 0 aromatic heterocycles. The summed E-state index contributed by atoms with van der Waals surface area (Å²) in [5, 5.41) is -0.133. The van der Waals surface area contributed by atoms with Crippen LogP contribution >= 0.6 is 11.6 Å². The molecule has 5 heteroatoms. The second-order valence-electron chi connectivity index (χ2n) is 2.59. The third-order valence-electron chi connectivity index (χ3n) is 1.66. The summed E-state index contributed by atoms with van der Waals surface area (Å²) in [5.74, 6) is 3.22. The predicted octanol–water partition coefficient (Wildman–Crippen LogP) is 2.32. The Balaban J connectivity index is 3.28. The molecule has 0 aliphatic rings. The van der Waals surface area contributed by atoms with Gasteiger partial charge in [0, 0.05) is 0 Å². The van der Waals surface area contributed by atoms with Crippen molar-refractivity contribution in [2.24, 2.45) is 5.90 Å². The number of rotatable bonds is 2. The van der Waals surface area contributed by atoms with E-state index < -0.39 is 11.6 Å². The topological polar surface area (TPSA) is 35.2 Å². The fourth-order valence-electron chi connectivity index (χ4n) is 1.01. The van der Waals surface area contributed by atoms with Gasteiger partial charge in [-0.1, -0.05) is 11.6 Å². The van der Waals surface area contributed by atoms with Crippen LogP contribution in [0.1, 0.15) is 11.1 Å². The Bertz CT molecular complexity index is 304. The lowest BCUT2D eigenvalue weighted by molar-refractivity contribution is 0.118. The fraction of sp³-hybridized carbons (Fsp3) is 0.250. The molecule has 1 aromatic rings. The van der Waals surface area contributed by atoms with Crippen molar-refractivity contribution in [2.75, 3.05) is 0 Å². The SMILES string of the molecule is Cc1cc(Cl)c(F)c(CON)c1F. The number of aryl methyl sites for hydroxylation is 1. The van der Waals surface area contributed by atoms with Crippen LogP contribution in [0.3, 0.4) is 0 Å². The average molecular weight is 208 g/mol. The Morgan fingerprint density at radius 3 is 2.62 bits per heavy atom. The molecule has 0 heterocycles. The van der Waals surface area contributed by atoms with Gasteiger partial charge in [-0.05, 0) is 18.6 Å². The molecule has 0 atom stereocenters. The van der Waals surface area contributed by atoms with E-state index in [1.807, 2.05) is 0 Å². The molecule has 0 bridgehead atoms. The number of benzene rings is 1. The van der Waals surface area contributed by atoms with Crippen LogP contribution in [0.25, 0.3) is 0 Å². The Labute approximate surface area is 79.2 Å². The molecule has 1 rings (SSSR count). The van der Waals surface area contributed by atoms with Gasteiger partial charge in [-0.3, -0.25) is 4.84 Å². The molecule has 0 spiro atoms. The van der Waals surface area contributed by atoms with Crippen molar-refractivity contribution in [3.05, 3.63) is 33.9 Å². The molecule has 0 aliphatic heterocycles. The third-order valence-corrected chi connectivity index (χ3v) is 1.93. The lowest BCUT2D eigenvalue weighted by Gasteiger charge is -2.07. The van der Waals surface area contributed by atoms with Crippen molar-refractivity contribution >= 4 is 11.6 Å². The van der Waals surface area contributed by atoms with Gasteiger partial charge in [0.1, 0.15) is 11.6 Å². The third kappa shape index (κ3) is 1.96. The van der Waals surface area contributed by atoms with Crippen LogP contribution in [0.2, 0.25) is 5.02 Å². The predicted molar refractivity (Wildman–Crippen MR) is 45.1 cm³/mol. The van der Waals surface area contributed by atoms with Crippen LogP contribution in [0.5, 0.6) is 0 Å². The Morgan fingerprint density at radius 2 is 2.08 bits per heavy atom. The zero-order valence-corrected chi connectivity index (χ0v) is 7.66. The van der Waals surface area contributed by atoms with E-state index in [2.05, 4.69) is 4.84 Å². The highest BCUT2D eigenvalue weighted by Gasteiger charge is 2.15. The van der Waals surface area contributed by atoms with Gasteiger partial charge in [0.15, 0.2) is 0 Å². The summed E-state index contributed by atoms with van der Waals surface area (Å²) in [6.45, 7) is 1.15. The van der Waals surface area contributed by atoms with E-state index >= 15 is 0 Å². The lowest BCUT2D eigenvalue weighted by Crippen LogP contribution is -2.05. The van der Waals surface area contributed by atoms with Crippen LogP contribution in [0.4, 0.5) is 8.78 Å². The molecule has 72 valence electrons. The second-order valence-corrected chi connectivity index (χ2v) is 3.00. The first kappa shape index (κ1) is 10.4. The Kier molecular flexibility index (Phi) is 3.19. The van der Waals surface area contributed by atoms with Gasteiger partial charge in [-0.15, -0.1) is 0 Å². The molecule has 13 heavy (non-hydrogen) atoms.